The van der Waals surface area contributed by atoms with Gasteiger partial charge in [-0.15, -0.1) is 11.3 Å². The Labute approximate surface area is 168 Å². The molecule has 6 nitrogen and oxygen atoms in total. The number of benzene rings is 1. The third-order valence-corrected chi connectivity index (χ3v) is 5.10. The molecule has 8 heteroatoms. The molecule has 0 radical (unpaired) electrons. The summed E-state index contributed by atoms with van der Waals surface area (Å²) in [4.78, 5) is 29.7. The van der Waals surface area contributed by atoms with E-state index in [-0.39, 0.29) is 11.8 Å². The maximum Gasteiger partial charge on any atom is 0.407 e. The number of rotatable bonds is 7. The van der Waals surface area contributed by atoms with Crippen LogP contribution < -0.4 is 10.6 Å². The van der Waals surface area contributed by atoms with Crippen LogP contribution in [0.25, 0.3) is 11.3 Å². The van der Waals surface area contributed by atoms with Gasteiger partial charge < -0.3 is 15.4 Å². The van der Waals surface area contributed by atoms with Crippen LogP contribution >= 0.6 is 22.9 Å². The molecule has 0 fully saturated rings. The minimum absolute atomic E-state index is 0.247. The van der Waals surface area contributed by atoms with Crippen molar-refractivity contribution in [3.05, 3.63) is 39.2 Å². The van der Waals surface area contributed by atoms with Crippen LogP contribution in [0.4, 0.5) is 4.79 Å². The molecule has 27 heavy (non-hydrogen) atoms. The Kier molecular flexibility index (Phi) is 7.62. The molecule has 1 atom stereocenters. The van der Waals surface area contributed by atoms with Crippen LogP contribution in [0.2, 0.25) is 5.02 Å². The number of ether oxygens (including phenoxy) is 1. The molecule has 0 saturated carbocycles. The second kappa shape index (κ2) is 9.71. The normalized spacial score (nSPS) is 11.9. The van der Waals surface area contributed by atoms with E-state index in [0.717, 1.165) is 21.1 Å². The van der Waals surface area contributed by atoms with Gasteiger partial charge in [-0.2, -0.15) is 0 Å². The molecule has 1 aromatic carbocycles. The fourth-order valence-electron chi connectivity index (χ4n) is 2.59. The fourth-order valence-corrected chi connectivity index (χ4v) is 3.61. The first-order valence-electron chi connectivity index (χ1n) is 8.64. The van der Waals surface area contributed by atoms with Crippen LogP contribution in [-0.4, -0.2) is 30.1 Å². The van der Waals surface area contributed by atoms with Crippen molar-refractivity contribution in [3.63, 3.8) is 0 Å². The molecule has 0 saturated heterocycles. The Balaban J connectivity index is 2.04. The first-order chi connectivity index (χ1) is 12.8. The van der Waals surface area contributed by atoms with E-state index in [2.05, 4.69) is 20.4 Å². The highest BCUT2D eigenvalue weighted by atomic mass is 35.5. The first kappa shape index (κ1) is 21.2. The van der Waals surface area contributed by atoms with Crippen LogP contribution in [0.1, 0.15) is 30.2 Å². The number of alkyl carbamates (subject to hydrolysis) is 1. The standard InChI is InChI=1S/C19H24ClN3O3S/c1-11(2)9-15(22-19(25)26-4)18(24)21-10-16-23-17(12(3)27-16)13-5-7-14(20)8-6-13/h5-8,11,15H,9-10H2,1-4H3,(H,21,24)(H,22,25). The van der Waals surface area contributed by atoms with Crippen molar-refractivity contribution in [2.75, 3.05) is 7.11 Å². The predicted molar refractivity (Wildman–Crippen MR) is 108 cm³/mol. The van der Waals surface area contributed by atoms with E-state index in [1.54, 1.807) is 0 Å². The van der Waals surface area contributed by atoms with E-state index >= 15 is 0 Å². The van der Waals surface area contributed by atoms with Crippen molar-refractivity contribution in [2.45, 2.75) is 39.8 Å². The predicted octanol–water partition coefficient (Wildman–Crippen LogP) is 4.16. The number of thiazole rings is 1. The van der Waals surface area contributed by atoms with Gasteiger partial charge >= 0.3 is 6.09 Å². The number of hydrogen-bond acceptors (Lipinski definition) is 5. The van der Waals surface area contributed by atoms with E-state index in [1.807, 2.05) is 45.0 Å². The molecule has 2 aromatic rings. The third kappa shape index (κ3) is 6.22. The monoisotopic (exact) mass is 409 g/mol. The van der Waals surface area contributed by atoms with Crippen molar-refractivity contribution < 1.29 is 14.3 Å². The van der Waals surface area contributed by atoms with Crippen molar-refractivity contribution in [2.24, 2.45) is 5.92 Å². The summed E-state index contributed by atoms with van der Waals surface area (Å²) in [5.74, 6) is -0.00785. The lowest BCUT2D eigenvalue weighted by Crippen LogP contribution is -2.47. The number of hydrogen-bond donors (Lipinski definition) is 2. The molecular formula is C19H24ClN3O3S. The minimum atomic E-state index is -0.644. The lowest BCUT2D eigenvalue weighted by Gasteiger charge is -2.19. The van der Waals surface area contributed by atoms with Gasteiger partial charge in [-0.3, -0.25) is 4.79 Å². The molecule has 0 aliphatic carbocycles. The Hall–Kier alpha value is -2.12. The molecule has 2 amide bonds. The first-order valence-corrected chi connectivity index (χ1v) is 9.84. The van der Waals surface area contributed by atoms with E-state index in [0.29, 0.717) is 18.0 Å². The second-order valence-corrected chi connectivity index (χ2v) is 8.28. The second-order valence-electron chi connectivity index (χ2n) is 6.56. The summed E-state index contributed by atoms with van der Waals surface area (Å²) in [6.07, 6.45) is -0.0978. The molecule has 1 heterocycles. The highest BCUT2D eigenvalue weighted by Crippen LogP contribution is 2.28. The molecule has 0 aliphatic heterocycles. The lowest BCUT2D eigenvalue weighted by atomic mass is 10.0. The summed E-state index contributed by atoms with van der Waals surface area (Å²) in [7, 11) is 1.27. The molecule has 0 aliphatic rings. The average Bonchev–Trinajstić information content (AvgIpc) is 3.00. The lowest BCUT2D eigenvalue weighted by molar-refractivity contribution is -0.123. The van der Waals surface area contributed by atoms with Crippen LogP contribution in [0, 0.1) is 12.8 Å². The van der Waals surface area contributed by atoms with Gasteiger partial charge in [0.1, 0.15) is 11.0 Å². The average molecular weight is 410 g/mol. The van der Waals surface area contributed by atoms with E-state index < -0.39 is 12.1 Å². The number of aromatic nitrogens is 1. The highest BCUT2D eigenvalue weighted by molar-refractivity contribution is 7.12. The van der Waals surface area contributed by atoms with Gasteiger partial charge in [0.25, 0.3) is 0 Å². The fraction of sp³-hybridized carbons (Fsp3) is 0.421. The van der Waals surface area contributed by atoms with Crippen molar-refractivity contribution >= 4 is 34.9 Å². The number of amides is 2. The van der Waals surface area contributed by atoms with E-state index in [1.165, 1.54) is 18.4 Å². The number of carbonyl (C=O) groups excluding carboxylic acids is 2. The van der Waals surface area contributed by atoms with Gasteiger partial charge in [-0.25, -0.2) is 9.78 Å². The smallest absolute Gasteiger partial charge is 0.407 e. The zero-order valence-electron chi connectivity index (χ0n) is 15.8. The van der Waals surface area contributed by atoms with Gasteiger partial charge in [0.2, 0.25) is 5.91 Å². The van der Waals surface area contributed by atoms with E-state index in [9.17, 15) is 9.59 Å². The van der Waals surface area contributed by atoms with Gasteiger partial charge in [-0.1, -0.05) is 37.6 Å². The largest absolute Gasteiger partial charge is 0.453 e. The third-order valence-electron chi connectivity index (χ3n) is 3.87. The molecular weight excluding hydrogens is 386 g/mol. The van der Waals surface area contributed by atoms with Crippen LogP contribution in [0.15, 0.2) is 24.3 Å². The number of nitrogens with one attached hydrogen (secondary N) is 2. The Bertz CT molecular complexity index is 790. The summed E-state index contributed by atoms with van der Waals surface area (Å²) in [6, 6.07) is 6.85. The molecule has 0 bridgehead atoms. The van der Waals surface area contributed by atoms with Crippen LogP contribution in [0.5, 0.6) is 0 Å². The molecule has 2 rings (SSSR count). The van der Waals surface area contributed by atoms with Gasteiger partial charge in [-0.05, 0) is 31.4 Å². The molecule has 0 spiro atoms. The van der Waals surface area contributed by atoms with Gasteiger partial charge in [0, 0.05) is 15.5 Å². The van der Waals surface area contributed by atoms with Gasteiger partial charge in [0.05, 0.1) is 19.3 Å². The van der Waals surface area contributed by atoms with Crippen LogP contribution in [0.3, 0.4) is 0 Å². The molecule has 146 valence electrons. The summed E-state index contributed by atoms with van der Waals surface area (Å²) < 4.78 is 4.60. The summed E-state index contributed by atoms with van der Waals surface area (Å²) in [6.45, 7) is 6.27. The van der Waals surface area contributed by atoms with Crippen molar-refractivity contribution in [1.29, 1.82) is 0 Å². The SMILES string of the molecule is COC(=O)NC(CC(C)C)C(=O)NCc1nc(-c2ccc(Cl)cc2)c(C)s1. The number of halogens is 1. The quantitative estimate of drug-likeness (QED) is 0.719. The molecule has 1 unspecified atom stereocenters. The summed E-state index contributed by atoms with van der Waals surface area (Å²) in [5, 5.41) is 6.90. The zero-order chi connectivity index (χ0) is 20.0. The van der Waals surface area contributed by atoms with Gasteiger partial charge in [0.15, 0.2) is 0 Å². The van der Waals surface area contributed by atoms with Crippen molar-refractivity contribution in [1.82, 2.24) is 15.6 Å². The summed E-state index contributed by atoms with van der Waals surface area (Å²) >= 11 is 7.47. The topological polar surface area (TPSA) is 80.3 Å². The zero-order valence-corrected chi connectivity index (χ0v) is 17.4. The Morgan fingerprint density at radius 2 is 1.93 bits per heavy atom. The number of nitrogens with zero attached hydrogens (tertiary/aromatic N) is 1. The maximum atomic E-state index is 12.5. The summed E-state index contributed by atoms with van der Waals surface area (Å²) in [5.41, 5.74) is 1.86. The highest BCUT2D eigenvalue weighted by Gasteiger charge is 2.22. The molecule has 1 aromatic heterocycles. The Morgan fingerprint density at radius 1 is 1.26 bits per heavy atom. The van der Waals surface area contributed by atoms with E-state index in [4.69, 9.17) is 11.6 Å². The van der Waals surface area contributed by atoms with Crippen molar-refractivity contribution in [3.8, 4) is 11.3 Å². The Morgan fingerprint density at radius 3 is 2.52 bits per heavy atom. The minimum Gasteiger partial charge on any atom is -0.453 e. The number of aryl methyl sites for hydroxylation is 1. The molecule has 2 N–H and O–H groups in total. The maximum absolute atomic E-state index is 12.5. The number of methoxy groups -OCH3 is 1. The number of carbonyl (C=O) groups is 2. The van der Waals surface area contributed by atoms with Crippen LogP contribution in [-0.2, 0) is 16.1 Å².